The molecule has 216 valence electrons. The van der Waals surface area contributed by atoms with E-state index in [1.54, 1.807) is 7.11 Å². The van der Waals surface area contributed by atoms with Crippen LogP contribution in [0.1, 0.15) is 70.8 Å². The van der Waals surface area contributed by atoms with Gasteiger partial charge in [-0.05, 0) is 75.9 Å². The minimum Gasteiger partial charge on any atom is -0.491 e. The van der Waals surface area contributed by atoms with Crippen LogP contribution in [0.5, 0.6) is 5.75 Å². The summed E-state index contributed by atoms with van der Waals surface area (Å²) in [6.45, 7) is 10.4. The second-order valence-electron chi connectivity index (χ2n) is 11.0. The van der Waals surface area contributed by atoms with E-state index < -0.39 is 17.1 Å². The monoisotopic (exact) mass is 542 g/mol. The SMILES string of the molecule is C=C(/N=C(\C=C/C)c1ccc(OCCOC)cc1)N1CCC(F)(C(=O)NC(C)(CCN)C2CCCCC2)CC1. The topological polar surface area (TPSA) is 89.2 Å². The van der Waals surface area contributed by atoms with E-state index in [1.807, 2.05) is 55.2 Å². The van der Waals surface area contributed by atoms with Gasteiger partial charge in [0.2, 0.25) is 0 Å². The van der Waals surface area contributed by atoms with Crippen LogP contribution in [-0.2, 0) is 9.53 Å². The van der Waals surface area contributed by atoms with Crippen LogP contribution < -0.4 is 15.8 Å². The maximum Gasteiger partial charge on any atom is 0.258 e. The lowest BCUT2D eigenvalue weighted by Gasteiger charge is -2.43. The van der Waals surface area contributed by atoms with E-state index in [2.05, 4.69) is 11.9 Å². The molecule has 3 rings (SSSR count). The largest absolute Gasteiger partial charge is 0.491 e. The molecule has 1 heterocycles. The van der Waals surface area contributed by atoms with Crippen LogP contribution in [-0.4, -0.2) is 67.7 Å². The van der Waals surface area contributed by atoms with E-state index in [0.29, 0.717) is 51.0 Å². The number of allylic oxidation sites excluding steroid dienone is 2. The molecule has 0 spiro atoms. The van der Waals surface area contributed by atoms with Crippen molar-refractivity contribution in [1.29, 1.82) is 0 Å². The average Bonchev–Trinajstić information content (AvgIpc) is 2.94. The fourth-order valence-electron chi connectivity index (χ4n) is 5.66. The first kappa shape index (κ1) is 30.8. The molecule has 8 heteroatoms. The minimum atomic E-state index is -1.91. The Hall–Kier alpha value is -2.71. The molecule has 2 aliphatic rings. The van der Waals surface area contributed by atoms with Gasteiger partial charge in [-0.2, -0.15) is 0 Å². The number of hydrogen-bond donors (Lipinski definition) is 2. The minimum absolute atomic E-state index is 0.100. The summed E-state index contributed by atoms with van der Waals surface area (Å²) < 4.78 is 26.6. The number of methoxy groups -OCH3 is 1. The van der Waals surface area contributed by atoms with Gasteiger partial charge in [-0.15, -0.1) is 0 Å². The summed E-state index contributed by atoms with van der Waals surface area (Å²) >= 11 is 0. The number of carbonyl (C=O) groups excluding carboxylic acids is 1. The van der Waals surface area contributed by atoms with Gasteiger partial charge in [0.25, 0.3) is 5.91 Å². The van der Waals surface area contributed by atoms with Crippen molar-refractivity contribution >= 4 is 11.6 Å². The number of rotatable bonds is 13. The van der Waals surface area contributed by atoms with E-state index in [9.17, 15) is 4.79 Å². The second kappa shape index (κ2) is 14.6. The number of nitrogens with one attached hydrogen (secondary N) is 1. The first-order valence-corrected chi connectivity index (χ1v) is 14.3. The molecule has 0 aromatic heterocycles. The van der Waals surface area contributed by atoms with Gasteiger partial charge in [0.15, 0.2) is 5.67 Å². The number of halogens is 1. The number of aliphatic imine (C=N–C) groups is 1. The molecule has 0 bridgehead atoms. The maximum atomic E-state index is 16.0. The van der Waals surface area contributed by atoms with Gasteiger partial charge in [0, 0.05) is 44.1 Å². The number of piperidine rings is 1. The van der Waals surface area contributed by atoms with E-state index in [1.165, 1.54) is 6.42 Å². The summed E-state index contributed by atoms with van der Waals surface area (Å²) in [7, 11) is 1.64. The Bertz CT molecular complexity index is 996. The van der Waals surface area contributed by atoms with Gasteiger partial charge < -0.3 is 25.4 Å². The zero-order valence-corrected chi connectivity index (χ0v) is 24.0. The number of ether oxygens (including phenoxy) is 2. The predicted octanol–water partition coefficient (Wildman–Crippen LogP) is 5.16. The molecule has 1 aliphatic heterocycles. The van der Waals surface area contributed by atoms with Gasteiger partial charge in [-0.25, -0.2) is 9.38 Å². The molecule has 3 N–H and O–H groups in total. The zero-order valence-electron chi connectivity index (χ0n) is 24.0. The van der Waals surface area contributed by atoms with Crippen LogP contribution in [0.15, 0.2) is 53.8 Å². The fourth-order valence-corrected chi connectivity index (χ4v) is 5.66. The molecule has 7 nitrogen and oxygen atoms in total. The number of hydrogen-bond acceptors (Lipinski definition) is 6. The lowest BCUT2D eigenvalue weighted by molar-refractivity contribution is -0.138. The van der Waals surface area contributed by atoms with Gasteiger partial charge in [-0.3, -0.25) is 4.79 Å². The number of nitrogens with zero attached hydrogens (tertiary/aromatic N) is 2. The smallest absolute Gasteiger partial charge is 0.258 e. The average molecular weight is 543 g/mol. The Balaban J connectivity index is 1.62. The molecule has 1 saturated carbocycles. The first-order valence-electron chi connectivity index (χ1n) is 14.3. The number of benzene rings is 1. The maximum absolute atomic E-state index is 16.0. The molecule has 1 aromatic rings. The summed E-state index contributed by atoms with van der Waals surface area (Å²) in [6.07, 6.45) is 10.3. The van der Waals surface area contributed by atoms with Crippen LogP contribution in [0, 0.1) is 5.92 Å². The second-order valence-corrected chi connectivity index (χ2v) is 11.0. The molecule has 1 saturated heterocycles. The highest BCUT2D eigenvalue weighted by atomic mass is 19.1. The predicted molar refractivity (Wildman–Crippen MR) is 156 cm³/mol. The third-order valence-electron chi connectivity index (χ3n) is 8.18. The normalized spacial score (nSPS) is 20.0. The lowest BCUT2D eigenvalue weighted by Crippen LogP contribution is -2.60. The van der Waals surface area contributed by atoms with Crippen molar-refractivity contribution in [3.63, 3.8) is 0 Å². The molecular weight excluding hydrogens is 495 g/mol. The standard InChI is InChI=1S/C31H47FN4O3/c1-5-9-28(25-12-14-27(15-13-25)39-23-22-38-4)34-24(2)36-20-17-31(32,18-21-36)29(37)35-30(3,16-19-33)26-10-7-6-8-11-26/h5,9,12-15,26H,2,6-8,10-11,16-23,33H2,1,3-4H3,(H,35,37)/b9-5-,34-28+. The van der Waals surface area contributed by atoms with Crippen molar-refractivity contribution in [1.82, 2.24) is 10.2 Å². The Morgan fingerprint density at radius 2 is 1.90 bits per heavy atom. The lowest BCUT2D eigenvalue weighted by atomic mass is 9.73. The van der Waals surface area contributed by atoms with Gasteiger partial charge in [-0.1, -0.05) is 31.9 Å². The summed E-state index contributed by atoms with van der Waals surface area (Å²) in [4.78, 5) is 20.0. The summed E-state index contributed by atoms with van der Waals surface area (Å²) in [6, 6.07) is 7.70. The molecule has 1 atom stereocenters. The van der Waals surface area contributed by atoms with Crippen LogP contribution in [0.4, 0.5) is 4.39 Å². The summed E-state index contributed by atoms with van der Waals surface area (Å²) in [5.41, 5.74) is 5.21. The van der Waals surface area contributed by atoms with E-state index in [0.717, 1.165) is 42.7 Å². The number of amides is 1. The number of likely N-dealkylation sites (tertiary alicyclic amines) is 1. The summed E-state index contributed by atoms with van der Waals surface area (Å²) in [5.74, 6) is 1.16. The van der Waals surface area contributed by atoms with Crippen LogP contribution in [0.2, 0.25) is 0 Å². The van der Waals surface area contributed by atoms with E-state index in [-0.39, 0.29) is 12.8 Å². The van der Waals surface area contributed by atoms with Crippen LogP contribution in [0.25, 0.3) is 0 Å². The Morgan fingerprint density at radius 1 is 1.23 bits per heavy atom. The van der Waals surface area contributed by atoms with Gasteiger partial charge in [0.05, 0.1) is 12.3 Å². The van der Waals surface area contributed by atoms with Gasteiger partial charge >= 0.3 is 0 Å². The highest BCUT2D eigenvalue weighted by molar-refractivity contribution is 6.09. The summed E-state index contributed by atoms with van der Waals surface area (Å²) in [5, 5.41) is 3.12. The van der Waals surface area contributed by atoms with Crippen molar-refractivity contribution < 1.29 is 18.7 Å². The number of nitrogens with two attached hydrogens (primary N) is 1. The molecular formula is C31H47FN4O3. The first-order chi connectivity index (χ1) is 18.7. The third-order valence-corrected chi connectivity index (χ3v) is 8.18. The Morgan fingerprint density at radius 3 is 2.49 bits per heavy atom. The van der Waals surface area contributed by atoms with E-state index >= 15 is 4.39 Å². The van der Waals surface area contributed by atoms with Crippen LogP contribution >= 0.6 is 0 Å². The third kappa shape index (κ3) is 8.39. The Labute approximate surface area is 233 Å². The number of alkyl halides is 1. The molecule has 0 radical (unpaired) electrons. The highest BCUT2D eigenvalue weighted by Gasteiger charge is 2.46. The molecule has 1 aliphatic carbocycles. The van der Waals surface area contributed by atoms with Crippen molar-refractivity contribution in [2.45, 2.75) is 76.4 Å². The fraction of sp³-hybridized carbons (Fsp3) is 0.613. The molecule has 39 heavy (non-hydrogen) atoms. The highest BCUT2D eigenvalue weighted by Crippen LogP contribution is 2.36. The number of carbonyl (C=O) groups is 1. The molecule has 1 aromatic carbocycles. The van der Waals surface area contributed by atoms with Crippen molar-refractivity contribution in [2.75, 3.05) is 40.0 Å². The molecule has 1 unspecified atom stereocenters. The van der Waals surface area contributed by atoms with Crippen molar-refractivity contribution in [3.05, 3.63) is 54.4 Å². The zero-order chi connectivity index (χ0) is 28.3. The molecule has 2 fully saturated rings. The van der Waals surface area contributed by atoms with Crippen molar-refractivity contribution in [2.24, 2.45) is 16.6 Å². The van der Waals surface area contributed by atoms with Crippen molar-refractivity contribution in [3.8, 4) is 5.75 Å². The van der Waals surface area contributed by atoms with E-state index in [4.69, 9.17) is 20.2 Å². The van der Waals surface area contributed by atoms with Crippen LogP contribution in [0.3, 0.4) is 0 Å². The van der Waals surface area contributed by atoms with Gasteiger partial charge in [0.1, 0.15) is 18.2 Å². The molecule has 1 amide bonds. The Kier molecular flexibility index (Phi) is 11.5. The quantitative estimate of drug-likeness (QED) is 0.266.